The first-order valence-electron chi connectivity index (χ1n) is 8.79. The molecule has 0 aliphatic carbocycles. The van der Waals surface area contributed by atoms with Crippen LogP contribution in [0.15, 0.2) is 30.5 Å². The molecule has 1 N–H and O–H groups in total. The van der Waals surface area contributed by atoms with Gasteiger partial charge in [-0.3, -0.25) is 9.69 Å². The van der Waals surface area contributed by atoms with Crippen molar-refractivity contribution in [2.75, 3.05) is 27.2 Å². The van der Waals surface area contributed by atoms with Gasteiger partial charge in [0.1, 0.15) is 11.6 Å². The number of likely N-dealkylation sites (tertiary alicyclic amines) is 1. The Labute approximate surface area is 147 Å². The van der Waals surface area contributed by atoms with Gasteiger partial charge in [0, 0.05) is 32.6 Å². The molecule has 25 heavy (non-hydrogen) atoms. The Morgan fingerprint density at radius 1 is 1.40 bits per heavy atom. The summed E-state index contributed by atoms with van der Waals surface area (Å²) in [6, 6.07) is 6.70. The number of amides is 1. The molecule has 134 valence electrons. The Bertz CT molecular complexity index is 728. The summed E-state index contributed by atoms with van der Waals surface area (Å²) in [5.74, 6) is 0.788. The van der Waals surface area contributed by atoms with Crippen LogP contribution in [0.4, 0.5) is 4.39 Å². The van der Waals surface area contributed by atoms with Crippen molar-refractivity contribution in [3.63, 3.8) is 0 Å². The minimum absolute atomic E-state index is 0.143. The van der Waals surface area contributed by atoms with Crippen molar-refractivity contribution in [2.24, 2.45) is 0 Å². The molecular formula is C19H25FN4O. The molecule has 1 aliphatic rings. The summed E-state index contributed by atoms with van der Waals surface area (Å²) in [7, 11) is 3.57. The zero-order valence-corrected chi connectivity index (χ0v) is 14.8. The average molecular weight is 344 g/mol. The van der Waals surface area contributed by atoms with Gasteiger partial charge in [0.25, 0.3) is 0 Å². The van der Waals surface area contributed by atoms with E-state index in [2.05, 4.69) is 14.9 Å². The number of nitrogens with one attached hydrogen (secondary N) is 1. The van der Waals surface area contributed by atoms with E-state index in [0.29, 0.717) is 6.42 Å². The number of hydrogen-bond donors (Lipinski definition) is 1. The van der Waals surface area contributed by atoms with Crippen molar-refractivity contribution in [3.05, 3.63) is 42.1 Å². The Morgan fingerprint density at radius 3 is 3.00 bits per heavy atom. The maximum Gasteiger partial charge on any atom is 0.223 e. The minimum Gasteiger partial charge on any atom is -0.349 e. The van der Waals surface area contributed by atoms with Crippen LogP contribution in [0.25, 0.3) is 11.3 Å². The van der Waals surface area contributed by atoms with Crippen LogP contribution in [0.1, 0.15) is 37.5 Å². The highest BCUT2D eigenvalue weighted by Gasteiger charge is 2.26. The van der Waals surface area contributed by atoms with Crippen molar-refractivity contribution < 1.29 is 9.18 Å². The lowest BCUT2D eigenvalue weighted by Crippen LogP contribution is -2.37. The van der Waals surface area contributed by atoms with Crippen LogP contribution in [-0.2, 0) is 4.79 Å². The second-order valence-corrected chi connectivity index (χ2v) is 6.78. The summed E-state index contributed by atoms with van der Waals surface area (Å²) >= 11 is 0. The molecule has 1 fully saturated rings. The molecule has 1 aromatic heterocycles. The summed E-state index contributed by atoms with van der Waals surface area (Å²) in [6.45, 7) is 1.71. The number of aromatic nitrogens is 2. The third-order valence-corrected chi connectivity index (χ3v) is 4.77. The molecule has 0 unspecified atom stereocenters. The number of piperidine rings is 1. The van der Waals surface area contributed by atoms with Crippen LogP contribution >= 0.6 is 0 Å². The number of hydrogen-bond acceptors (Lipinski definition) is 3. The molecule has 1 aliphatic heterocycles. The normalized spacial score (nSPS) is 18.3. The molecule has 2 heterocycles. The van der Waals surface area contributed by atoms with Gasteiger partial charge >= 0.3 is 0 Å². The van der Waals surface area contributed by atoms with Gasteiger partial charge in [0.2, 0.25) is 5.91 Å². The zero-order chi connectivity index (χ0) is 17.8. The van der Waals surface area contributed by atoms with Crippen LogP contribution in [0, 0.1) is 5.82 Å². The lowest BCUT2D eigenvalue weighted by molar-refractivity contribution is -0.129. The Balaban J connectivity index is 1.73. The van der Waals surface area contributed by atoms with Gasteiger partial charge in [-0.1, -0.05) is 18.6 Å². The van der Waals surface area contributed by atoms with E-state index in [4.69, 9.17) is 0 Å². The minimum atomic E-state index is -0.254. The maximum atomic E-state index is 13.4. The number of H-pyrrole nitrogens is 1. The number of aromatic amines is 1. The molecule has 1 atom stereocenters. The average Bonchev–Trinajstić information content (AvgIpc) is 3.09. The number of rotatable bonds is 5. The first-order chi connectivity index (χ1) is 12.0. The zero-order valence-electron chi connectivity index (χ0n) is 14.8. The highest BCUT2D eigenvalue weighted by Crippen LogP contribution is 2.30. The van der Waals surface area contributed by atoms with Gasteiger partial charge in [0.05, 0.1) is 17.9 Å². The summed E-state index contributed by atoms with van der Waals surface area (Å²) in [5, 5.41) is 0. The van der Waals surface area contributed by atoms with E-state index in [-0.39, 0.29) is 17.8 Å². The Morgan fingerprint density at radius 2 is 2.24 bits per heavy atom. The molecule has 1 amide bonds. The van der Waals surface area contributed by atoms with Crippen LogP contribution in [0.3, 0.4) is 0 Å². The van der Waals surface area contributed by atoms with E-state index in [1.165, 1.54) is 12.1 Å². The van der Waals surface area contributed by atoms with Gasteiger partial charge in [-0.15, -0.1) is 0 Å². The third kappa shape index (κ3) is 4.25. The topological polar surface area (TPSA) is 52.2 Å². The first kappa shape index (κ1) is 17.6. The summed E-state index contributed by atoms with van der Waals surface area (Å²) < 4.78 is 13.4. The molecule has 0 radical (unpaired) electrons. The molecule has 1 aromatic carbocycles. The molecule has 3 rings (SSSR count). The van der Waals surface area contributed by atoms with Crippen molar-refractivity contribution in [1.29, 1.82) is 0 Å². The number of carbonyl (C=O) groups excluding carboxylic acids is 1. The quantitative estimate of drug-likeness (QED) is 0.906. The first-order valence-corrected chi connectivity index (χ1v) is 8.79. The summed E-state index contributed by atoms with van der Waals surface area (Å²) in [5.41, 5.74) is 1.62. The van der Waals surface area contributed by atoms with Crippen LogP contribution in [0.5, 0.6) is 0 Å². The Kier molecular flexibility index (Phi) is 5.48. The van der Waals surface area contributed by atoms with E-state index in [1.807, 2.05) is 6.07 Å². The molecule has 0 saturated carbocycles. The molecule has 5 nitrogen and oxygen atoms in total. The highest BCUT2D eigenvalue weighted by molar-refractivity contribution is 5.75. The summed E-state index contributed by atoms with van der Waals surface area (Å²) in [6.07, 6.45) is 5.60. The van der Waals surface area contributed by atoms with E-state index >= 15 is 0 Å². The second-order valence-electron chi connectivity index (χ2n) is 6.78. The maximum absolute atomic E-state index is 13.4. The van der Waals surface area contributed by atoms with Crippen molar-refractivity contribution >= 4 is 5.91 Å². The highest BCUT2D eigenvalue weighted by atomic mass is 19.1. The SMILES string of the molecule is CN(C)C(=O)CCN1CCCC[C@H]1c1ncc(-c2cccc(F)c2)[nH]1. The van der Waals surface area contributed by atoms with Gasteiger partial charge in [-0.25, -0.2) is 9.37 Å². The fourth-order valence-electron chi connectivity index (χ4n) is 3.34. The summed E-state index contributed by atoms with van der Waals surface area (Å²) in [4.78, 5) is 23.8. The third-order valence-electron chi connectivity index (χ3n) is 4.77. The molecule has 0 bridgehead atoms. The van der Waals surface area contributed by atoms with Crippen molar-refractivity contribution in [3.8, 4) is 11.3 Å². The van der Waals surface area contributed by atoms with Crippen LogP contribution in [-0.4, -0.2) is 52.9 Å². The van der Waals surface area contributed by atoms with E-state index < -0.39 is 0 Å². The fraction of sp³-hybridized carbons (Fsp3) is 0.474. The Hall–Kier alpha value is -2.21. The molecular weight excluding hydrogens is 319 g/mol. The standard InChI is InChI=1S/C19H25FN4O/c1-23(2)18(25)9-11-24-10-4-3-8-17(24)19-21-13-16(22-19)14-6-5-7-15(20)12-14/h5-7,12-13,17H,3-4,8-11H2,1-2H3,(H,21,22)/t17-/m0/s1. The number of benzene rings is 1. The van der Waals surface area contributed by atoms with E-state index in [0.717, 1.165) is 49.4 Å². The largest absolute Gasteiger partial charge is 0.349 e. The lowest BCUT2D eigenvalue weighted by Gasteiger charge is -2.34. The number of nitrogens with zero attached hydrogens (tertiary/aromatic N) is 3. The van der Waals surface area contributed by atoms with Crippen molar-refractivity contribution in [1.82, 2.24) is 19.8 Å². The fourth-order valence-corrected chi connectivity index (χ4v) is 3.34. The monoisotopic (exact) mass is 344 g/mol. The number of halogens is 1. The smallest absolute Gasteiger partial charge is 0.223 e. The van der Waals surface area contributed by atoms with Gasteiger partial charge in [-0.05, 0) is 31.5 Å². The number of imidazole rings is 1. The molecule has 1 saturated heterocycles. The molecule has 0 spiro atoms. The van der Waals surface area contributed by atoms with Crippen LogP contribution in [0.2, 0.25) is 0 Å². The lowest BCUT2D eigenvalue weighted by atomic mass is 10.0. The molecule has 6 heteroatoms. The van der Waals surface area contributed by atoms with E-state index in [1.54, 1.807) is 31.3 Å². The van der Waals surface area contributed by atoms with Gasteiger partial charge < -0.3 is 9.88 Å². The predicted octanol–water partition coefficient (Wildman–Crippen LogP) is 3.22. The number of carbonyl (C=O) groups is 1. The second kappa shape index (κ2) is 7.78. The molecule has 2 aromatic rings. The van der Waals surface area contributed by atoms with Crippen molar-refractivity contribution in [2.45, 2.75) is 31.7 Å². The van der Waals surface area contributed by atoms with Gasteiger partial charge in [-0.2, -0.15) is 0 Å². The van der Waals surface area contributed by atoms with Crippen LogP contribution < -0.4 is 0 Å². The van der Waals surface area contributed by atoms with Gasteiger partial charge in [0.15, 0.2) is 0 Å². The van der Waals surface area contributed by atoms with E-state index in [9.17, 15) is 9.18 Å². The predicted molar refractivity (Wildman–Crippen MR) is 95.5 cm³/mol.